The molecule has 0 fully saturated rings. The van der Waals surface area contributed by atoms with Gasteiger partial charge in [0.15, 0.2) is 5.78 Å². The summed E-state index contributed by atoms with van der Waals surface area (Å²) in [6.45, 7) is 3.81. The number of aryl methyl sites for hydroxylation is 2. The zero-order chi connectivity index (χ0) is 19.8. The predicted octanol–water partition coefficient (Wildman–Crippen LogP) is 3.69. The van der Waals surface area contributed by atoms with Gasteiger partial charge in [-0.25, -0.2) is 0 Å². The molecule has 0 saturated carbocycles. The Kier molecular flexibility index (Phi) is 7.29. The average molecular weight is 367 g/mol. The Balaban J connectivity index is 2.00. The number of benzene rings is 2. The first kappa shape index (κ1) is 20.4. The molecular formula is C22H25NO4. The molecule has 0 saturated heterocycles. The van der Waals surface area contributed by atoms with Crippen molar-refractivity contribution in [3.8, 4) is 0 Å². The molecule has 0 bridgehead atoms. The topological polar surface area (TPSA) is 72.5 Å². The molecule has 1 atom stereocenters. The molecule has 0 aliphatic carbocycles. The molecule has 0 heterocycles. The Labute approximate surface area is 159 Å². The van der Waals surface area contributed by atoms with E-state index in [1.54, 1.807) is 0 Å². The number of methoxy groups -OCH3 is 1. The van der Waals surface area contributed by atoms with E-state index in [0.29, 0.717) is 5.56 Å². The molecule has 2 aromatic rings. The minimum absolute atomic E-state index is 0.0389. The number of hydrogen-bond donors (Lipinski definition) is 1. The SMILES string of the molecule is COC(=O)CC(NC(=O)CCC(=O)c1cc(C)ccc1C)c1ccccc1. The first-order chi connectivity index (χ1) is 12.9. The van der Waals surface area contributed by atoms with Gasteiger partial charge in [0.05, 0.1) is 19.6 Å². The zero-order valence-corrected chi connectivity index (χ0v) is 16.0. The highest BCUT2D eigenvalue weighted by Gasteiger charge is 2.19. The maximum atomic E-state index is 12.4. The maximum Gasteiger partial charge on any atom is 0.307 e. The molecular weight excluding hydrogens is 342 g/mol. The largest absolute Gasteiger partial charge is 0.469 e. The Morgan fingerprint density at radius 2 is 1.70 bits per heavy atom. The fourth-order valence-corrected chi connectivity index (χ4v) is 2.85. The number of carbonyl (C=O) groups excluding carboxylic acids is 3. The summed E-state index contributed by atoms with van der Waals surface area (Å²) in [5.74, 6) is -0.738. The van der Waals surface area contributed by atoms with Crippen molar-refractivity contribution >= 4 is 17.7 Å². The number of ether oxygens (including phenoxy) is 1. The molecule has 0 spiro atoms. The second-order valence-electron chi connectivity index (χ2n) is 6.55. The number of ketones is 1. The van der Waals surface area contributed by atoms with E-state index in [1.165, 1.54) is 7.11 Å². The van der Waals surface area contributed by atoms with Crippen molar-refractivity contribution in [3.05, 3.63) is 70.8 Å². The lowest BCUT2D eigenvalue weighted by molar-refractivity contribution is -0.141. The third-order valence-corrected chi connectivity index (χ3v) is 4.41. The molecule has 0 aliphatic rings. The number of amides is 1. The van der Waals surface area contributed by atoms with Gasteiger partial charge in [-0.3, -0.25) is 14.4 Å². The summed E-state index contributed by atoms with van der Waals surface area (Å²) in [5.41, 5.74) is 3.38. The van der Waals surface area contributed by atoms with Crippen LogP contribution in [0.5, 0.6) is 0 Å². The number of esters is 1. The number of carbonyl (C=O) groups is 3. The van der Waals surface area contributed by atoms with Gasteiger partial charge in [-0.1, -0.05) is 48.0 Å². The first-order valence-electron chi connectivity index (χ1n) is 8.92. The van der Waals surface area contributed by atoms with Crippen LogP contribution in [0.15, 0.2) is 48.5 Å². The lowest BCUT2D eigenvalue weighted by Gasteiger charge is -2.18. The van der Waals surface area contributed by atoms with Gasteiger partial charge in [-0.05, 0) is 31.0 Å². The van der Waals surface area contributed by atoms with Crippen LogP contribution < -0.4 is 5.32 Å². The van der Waals surface area contributed by atoms with Crippen LogP contribution in [-0.2, 0) is 14.3 Å². The van der Waals surface area contributed by atoms with Crippen molar-refractivity contribution in [1.82, 2.24) is 5.32 Å². The van der Waals surface area contributed by atoms with E-state index in [4.69, 9.17) is 4.74 Å². The standard InChI is InChI=1S/C22H25NO4/c1-15-9-10-16(2)18(13-15)20(24)11-12-21(25)23-19(14-22(26)27-3)17-7-5-4-6-8-17/h4-10,13,19H,11-12,14H2,1-3H3,(H,23,25). The summed E-state index contributed by atoms with van der Waals surface area (Å²) < 4.78 is 4.72. The van der Waals surface area contributed by atoms with Crippen LogP contribution >= 0.6 is 0 Å². The average Bonchev–Trinajstić information content (AvgIpc) is 2.68. The van der Waals surface area contributed by atoms with Crippen molar-refractivity contribution in [2.75, 3.05) is 7.11 Å². The van der Waals surface area contributed by atoms with Crippen molar-refractivity contribution in [2.45, 2.75) is 39.2 Å². The molecule has 0 radical (unpaired) electrons. The van der Waals surface area contributed by atoms with Gasteiger partial charge in [-0.15, -0.1) is 0 Å². The van der Waals surface area contributed by atoms with Gasteiger partial charge in [0.25, 0.3) is 0 Å². The zero-order valence-electron chi connectivity index (χ0n) is 16.0. The van der Waals surface area contributed by atoms with E-state index in [9.17, 15) is 14.4 Å². The molecule has 5 heteroatoms. The molecule has 2 aromatic carbocycles. The Hall–Kier alpha value is -2.95. The van der Waals surface area contributed by atoms with Crippen LogP contribution in [0.25, 0.3) is 0 Å². The Morgan fingerprint density at radius 1 is 1.00 bits per heavy atom. The summed E-state index contributed by atoms with van der Waals surface area (Å²) >= 11 is 0. The van der Waals surface area contributed by atoms with E-state index in [-0.39, 0.29) is 31.0 Å². The molecule has 1 amide bonds. The fourth-order valence-electron chi connectivity index (χ4n) is 2.85. The minimum atomic E-state index is -0.484. The lowest BCUT2D eigenvalue weighted by atomic mass is 9.99. The summed E-state index contributed by atoms with van der Waals surface area (Å²) in [7, 11) is 1.31. The Morgan fingerprint density at radius 3 is 2.37 bits per heavy atom. The Bertz CT molecular complexity index is 814. The number of hydrogen-bond acceptors (Lipinski definition) is 4. The van der Waals surface area contributed by atoms with Crippen molar-refractivity contribution in [3.63, 3.8) is 0 Å². The van der Waals surface area contributed by atoms with E-state index in [1.807, 2.05) is 62.4 Å². The van der Waals surface area contributed by atoms with Gasteiger partial charge < -0.3 is 10.1 Å². The number of rotatable bonds is 8. The van der Waals surface area contributed by atoms with Gasteiger partial charge in [0, 0.05) is 18.4 Å². The lowest BCUT2D eigenvalue weighted by Crippen LogP contribution is -2.30. The molecule has 142 valence electrons. The summed E-state index contributed by atoms with van der Waals surface area (Å²) in [6, 6.07) is 14.5. The molecule has 1 unspecified atom stereocenters. The third-order valence-electron chi connectivity index (χ3n) is 4.41. The second-order valence-corrected chi connectivity index (χ2v) is 6.55. The van der Waals surface area contributed by atoms with Gasteiger partial charge in [-0.2, -0.15) is 0 Å². The monoisotopic (exact) mass is 367 g/mol. The van der Waals surface area contributed by atoms with E-state index in [0.717, 1.165) is 16.7 Å². The van der Waals surface area contributed by atoms with Gasteiger partial charge in [0.2, 0.25) is 5.91 Å². The van der Waals surface area contributed by atoms with Crippen molar-refractivity contribution in [1.29, 1.82) is 0 Å². The van der Waals surface area contributed by atoms with Crippen molar-refractivity contribution < 1.29 is 19.1 Å². The summed E-state index contributed by atoms with van der Waals surface area (Å²) in [4.78, 5) is 36.5. The van der Waals surface area contributed by atoms with Crippen LogP contribution in [0.2, 0.25) is 0 Å². The van der Waals surface area contributed by atoms with Crippen LogP contribution in [0.3, 0.4) is 0 Å². The molecule has 0 aromatic heterocycles. The van der Waals surface area contributed by atoms with Crippen LogP contribution in [0, 0.1) is 13.8 Å². The first-order valence-corrected chi connectivity index (χ1v) is 8.92. The summed E-state index contributed by atoms with van der Waals surface area (Å²) in [5, 5.41) is 2.84. The maximum absolute atomic E-state index is 12.4. The summed E-state index contributed by atoms with van der Waals surface area (Å²) in [6.07, 6.45) is 0.226. The van der Waals surface area contributed by atoms with Gasteiger partial charge >= 0.3 is 5.97 Å². The number of Topliss-reactive ketones (excluding diaryl/α,β-unsaturated/α-hetero) is 1. The van der Waals surface area contributed by atoms with E-state index in [2.05, 4.69) is 5.32 Å². The van der Waals surface area contributed by atoms with Crippen molar-refractivity contribution in [2.24, 2.45) is 0 Å². The molecule has 1 N–H and O–H groups in total. The van der Waals surface area contributed by atoms with E-state index >= 15 is 0 Å². The minimum Gasteiger partial charge on any atom is -0.469 e. The molecule has 2 rings (SSSR count). The molecule has 27 heavy (non-hydrogen) atoms. The van der Waals surface area contributed by atoms with Crippen LogP contribution in [-0.4, -0.2) is 24.8 Å². The normalized spacial score (nSPS) is 11.5. The van der Waals surface area contributed by atoms with Gasteiger partial charge in [0.1, 0.15) is 0 Å². The van der Waals surface area contributed by atoms with Crippen LogP contribution in [0.1, 0.15) is 52.4 Å². The molecule has 5 nitrogen and oxygen atoms in total. The van der Waals surface area contributed by atoms with E-state index < -0.39 is 12.0 Å². The smallest absolute Gasteiger partial charge is 0.307 e. The fraction of sp³-hybridized carbons (Fsp3) is 0.318. The highest BCUT2D eigenvalue weighted by atomic mass is 16.5. The second kappa shape index (κ2) is 9.67. The predicted molar refractivity (Wildman–Crippen MR) is 103 cm³/mol. The van der Waals surface area contributed by atoms with Crippen LogP contribution in [0.4, 0.5) is 0 Å². The molecule has 0 aliphatic heterocycles. The quantitative estimate of drug-likeness (QED) is 0.570. The number of nitrogens with one attached hydrogen (secondary N) is 1. The highest BCUT2D eigenvalue weighted by Crippen LogP contribution is 2.18. The third kappa shape index (κ3) is 6.06. The highest BCUT2D eigenvalue weighted by molar-refractivity contribution is 5.99.